The molecule has 3 aromatic carbocycles. The van der Waals surface area contributed by atoms with Gasteiger partial charge in [-0.15, -0.1) is 0 Å². The second kappa shape index (κ2) is 3.21. The first-order valence-corrected chi connectivity index (χ1v) is 5.34. The molecule has 0 radical (unpaired) electrons. The fourth-order valence-electron chi connectivity index (χ4n) is 2.17. The Kier molecular flexibility index (Phi) is 1.84. The molecule has 0 amide bonds. The summed E-state index contributed by atoms with van der Waals surface area (Å²) in [7, 11) is 0. The summed E-state index contributed by atoms with van der Waals surface area (Å²) in [4.78, 5) is 0. The molecular formula is C16H12. The van der Waals surface area contributed by atoms with Crippen molar-refractivity contribution in [3.63, 3.8) is 0 Å². The summed E-state index contributed by atoms with van der Waals surface area (Å²) in [5.74, 6) is 0. The quantitative estimate of drug-likeness (QED) is 0.494. The molecule has 0 spiro atoms. The summed E-state index contributed by atoms with van der Waals surface area (Å²) in [5, 5.41) is 7.17. The number of hydrogen-bond donors (Lipinski definition) is 0. The van der Waals surface area contributed by atoms with E-state index in [0.29, 0.717) is 0 Å². The summed E-state index contributed by atoms with van der Waals surface area (Å²) >= 11 is 0. The highest BCUT2D eigenvalue weighted by Crippen LogP contribution is 2.22. The van der Waals surface area contributed by atoms with Crippen molar-refractivity contribution in [2.75, 3.05) is 0 Å². The van der Waals surface area contributed by atoms with Crippen LogP contribution in [0.2, 0.25) is 0 Å². The summed E-state index contributed by atoms with van der Waals surface area (Å²) in [5.41, 5.74) is 0. The molecule has 0 unspecified atom stereocenters. The van der Waals surface area contributed by atoms with Crippen LogP contribution in [0.5, 0.6) is 0 Å². The lowest BCUT2D eigenvalue weighted by atomic mass is 10.0. The Morgan fingerprint density at radius 1 is 0.562 bits per heavy atom. The van der Waals surface area contributed by atoms with Gasteiger partial charge in [-0.3, -0.25) is 0 Å². The van der Waals surface area contributed by atoms with Gasteiger partial charge in [-0.25, -0.2) is 0 Å². The number of fused-ring (bicyclic) bond motifs is 3. The predicted molar refractivity (Wildman–Crippen MR) is 71.7 cm³/mol. The molecule has 76 valence electrons. The van der Waals surface area contributed by atoms with Gasteiger partial charge in [0.25, 0.3) is 0 Å². The molecule has 3 rings (SSSR count). The SMILES string of the molecule is C=c1ccc2c(ccc3cc(=C)ccc32)c1. The van der Waals surface area contributed by atoms with Crippen LogP contribution in [0.15, 0.2) is 48.5 Å². The molecule has 0 aliphatic heterocycles. The Labute approximate surface area is 94.1 Å². The highest BCUT2D eigenvalue weighted by Gasteiger charge is 1.98. The molecule has 0 nitrogen and oxygen atoms in total. The minimum Gasteiger partial charge on any atom is -0.0917 e. The summed E-state index contributed by atoms with van der Waals surface area (Å²) in [6, 6.07) is 16.9. The summed E-state index contributed by atoms with van der Waals surface area (Å²) in [6.07, 6.45) is 0. The summed E-state index contributed by atoms with van der Waals surface area (Å²) in [6.45, 7) is 7.91. The van der Waals surface area contributed by atoms with Crippen LogP contribution >= 0.6 is 0 Å². The molecular weight excluding hydrogens is 192 g/mol. The van der Waals surface area contributed by atoms with E-state index in [1.807, 2.05) is 0 Å². The van der Waals surface area contributed by atoms with Gasteiger partial charge < -0.3 is 0 Å². The Morgan fingerprint density at radius 2 is 1.00 bits per heavy atom. The Morgan fingerprint density at radius 3 is 1.44 bits per heavy atom. The molecule has 0 fully saturated rings. The van der Waals surface area contributed by atoms with Gasteiger partial charge in [-0.05, 0) is 44.1 Å². The van der Waals surface area contributed by atoms with Crippen LogP contribution in [0.1, 0.15) is 0 Å². The van der Waals surface area contributed by atoms with Crippen LogP contribution in [0.25, 0.3) is 34.7 Å². The van der Waals surface area contributed by atoms with E-state index in [9.17, 15) is 0 Å². The van der Waals surface area contributed by atoms with E-state index in [1.165, 1.54) is 21.5 Å². The van der Waals surface area contributed by atoms with Crippen molar-refractivity contribution in [1.82, 2.24) is 0 Å². The van der Waals surface area contributed by atoms with E-state index in [2.05, 4.69) is 61.7 Å². The highest BCUT2D eigenvalue weighted by molar-refractivity contribution is 6.07. The molecule has 0 saturated carbocycles. The van der Waals surface area contributed by atoms with Gasteiger partial charge in [0, 0.05) is 0 Å². The first-order valence-electron chi connectivity index (χ1n) is 5.34. The van der Waals surface area contributed by atoms with Gasteiger partial charge in [0.05, 0.1) is 0 Å². The van der Waals surface area contributed by atoms with Crippen LogP contribution in [-0.2, 0) is 0 Å². The van der Waals surface area contributed by atoms with Crippen LogP contribution in [0.4, 0.5) is 0 Å². The third kappa shape index (κ3) is 1.31. The van der Waals surface area contributed by atoms with E-state index in [-0.39, 0.29) is 0 Å². The molecule has 0 N–H and O–H groups in total. The maximum absolute atomic E-state index is 3.95. The lowest BCUT2D eigenvalue weighted by Crippen LogP contribution is -1.96. The predicted octanol–water partition coefficient (Wildman–Crippen LogP) is 2.81. The number of benzene rings is 3. The molecule has 0 atom stereocenters. The average Bonchev–Trinajstić information content (AvgIpc) is 2.28. The fourth-order valence-corrected chi connectivity index (χ4v) is 2.17. The van der Waals surface area contributed by atoms with Crippen LogP contribution in [0, 0.1) is 0 Å². The Balaban J connectivity index is 2.59. The molecule has 0 aliphatic carbocycles. The first kappa shape index (κ1) is 9.17. The zero-order chi connectivity index (χ0) is 11.1. The summed E-state index contributed by atoms with van der Waals surface area (Å²) < 4.78 is 0. The minimum atomic E-state index is 1.06. The van der Waals surface area contributed by atoms with Gasteiger partial charge in [-0.1, -0.05) is 49.6 Å². The van der Waals surface area contributed by atoms with E-state index in [0.717, 1.165) is 10.4 Å². The van der Waals surface area contributed by atoms with Crippen LogP contribution in [0.3, 0.4) is 0 Å². The zero-order valence-corrected chi connectivity index (χ0v) is 9.03. The van der Waals surface area contributed by atoms with Crippen LogP contribution in [-0.4, -0.2) is 0 Å². The monoisotopic (exact) mass is 204 g/mol. The Bertz CT molecular complexity index is 713. The Hall–Kier alpha value is -2.08. The minimum absolute atomic E-state index is 1.06. The zero-order valence-electron chi connectivity index (χ0n) is 9.03. The average molecular weight is 204 g/mol. The second-order valence-electron chi connectivity index (χ2n) is 4.18. The van der Waals surface area contributed by atoms with E-state index < -0.39 is 0 Å². The van der Waals surface area contributed by atoms with Crippen LogP contribution < -0.4 is 10.4 Å². The van der Waals surface area contributed by atoms with Crippen molar-refractivity contribution in [2.24, 2.45) is 0 Å². The molecule has 16 heavy (non-hydrogen) atoms. The van der Waals surface area contributed by atoms with Gasteiger partial charge in [-0.2, -0.15) is 0 Å². The lowest BCUT2D eigenvalue weighted by Gasteiger charge is -2.03. The van der Waals surface area contributed by atoms with Gasteiger partial charge in [0.2, 0.25) is 0 Å². The third-order valence-corrected chi connectivity index (χ3v) is 2.96. The maximum atomic E-state index is 3.95. The standard InChI is InChI=1S/C16H12/c1-11-3-7-15-13(9-11)5-6-14-10-12(2)4-8-16(14)15/h3-10H,1-2H2. The normalized spacial score (nSPS) is 11.0. The smallest absolute Gasteiger partial charge is 0.0105 e. The third-order valence-electron chi connectivity index (χ3n) is 2.96. The van der Waals surface area contributed by atoms with Gasteiger partial charge in [0.1, 0.15) is 0 Å². The molecule has 0 aliphatic rings. The molecule has 0 bridgehead atoms. The number of hydrogen-bond acceptors (Lipinski definition) is 0. The van der Waals surface area contributed by atoms with E-state index in [4.69, 9.17) is 0 Å². The van der Waals surface area contributed by atoms with Crippen molar-refractivity contribution in [3.8, 4) is 0 Å². The van der Waals surface area contributed by atoms with Crippen molar-refractivity contribution in [1.29, 1.82) is 0 Å². The van der Waals surface area contributed by atoms with Crippen molar-refractivity contribution in [3.05, 3.63) is 59.0 Å². The van der Waals surface area contributed by atoms with E-state index in [1.54, 1.807) is 0 Å². The van der Waals surface area contributed by atoms with Gasteiger partial charge >= 0.3 is 0 Å². The van der Waals surface area contributed by atoms with Crippen molar-refractivity contribution < 1.29 is 0 Å². The molecule has 3 aromatic rings. The second-order valence-corrected chi connectivity index (χ2v) is 4.18. The maximum Gasteiger partial charge on any atom is -0.0105 e. The highest BCUT2D eigenvalue weighted by atomic mass is 14.0. The molecule has 0 heterocycles. The topological polar surface area (TPSA) is 0 Å². The number of rotatable bonds is 0. The molecule has 0 saturated heterocycles. The fraction of sp³-hybridized carbons (Fsp3) is 0. The van der Waals surface area contributed by atoms with Gasteiger partial charge in [0.15, 0.2) is 0 Å². The largest absolute Gasteiger partial charge is 0.0917 e. The van der Waals surface area contributed by atoms with E-state index >= 15 is 0 Å². The molecule has 0 aromatic heterocycles. The van der Waals surface area contributed by atoms with Crippen molar-refractivity contribution in [2.45, 2.75) is 0 Å². The first-order chi connectivity index (χ1) is 7.74. The lowest BCUT2D eigenvalue weighted by molar-refractivity contribution is 1.67. The van der Waals surface area contributed by atoms with Crippen molar-refractivity contribution >= 4 is 34.7 Å². The molecule has 0 heteroatoms.